The smallest absolute Gasteiger partial charge is 0.239 e. The lowest BCUT2D eigenvalue weighted by Crippen LogP contribution is -2.38. The third kappa shape index (κ3) is 3.13. The molecule has 0 aliphatic heterocycles. The molecule has 1 aromatic rings. The highest BCUT2D eigenvalue weighted by Gasteiger charge is 2.30. The van der Waals surface area contributed by atoms with Crippen molar-refractivity contribution >= 4 is 11.8 Å². The summed E-state index contributed by atoms with van der Waals surface area (Å²) in [5, 5.41) is 5.53. The highest BCUT2D eigenvalue weighted by molar-refractivity contribution is 5.84. The van der Waals surface area contributed by atoms with Crippen LogP contribution in [0.5, 0.6) is 0 Å². The minimum absolute atomic E-state index is 0.0414. The van der Waals surface area contributed by atoms with Crippen molar-refractivity contribution in [3.63, 3.8) is 0 Å². The molecule has 1 aromatic carbocycles. The fraction of sp³-hybridized carbons (Fsp3) is 0.467. The van der Waals surface area contributed by atoms with E-state index >= 15 is 0 Å². The summed E-state index contributed by atoms with van der Waals surface area (Å²) in [5.74, 6) is 0.0605. The standard InChI is InChI=1S/C15H20N2O2/c1-9-4-5-12-7-10(2)15(13(12)6-9)17-14(19)8-16-11(3)18/h4-6,10,15H,7-8H2,1-3H3,(H,16,18)(H,17,19)/t10-,15+/m1/s1. The van der Waals surface area contributed by atoms with E-state index in [4.69, 9.17) is 0 Å². The summed E-state index contributed by atoms with van der Waals surface area (Å²) in [6.45, 7) is 5.64. The van der Waals surface area contributed by atoms with Crippen molar-refractivity contribution in [3.05, 3.63) is 34.9 Å². The second-order valence-corrected chi connectivity index (χ2v) is 5.34. The van der Waals surface area contributed by atoms with Crippen LogP contribution in [-0.2, 0) is 16.0 Å². The number of benzene rings is 1. The number of carbonyl (C=O) groups excluding carboxylic acids is 2. The van der Waals surface area contributed by atoms with E-state index in [0.717, 1.165) is 6.42 Å². The Balaban J connectivity index is 2.07. The molecule has 0 radical (unpaired) electrons. The van der Waals surface area contributed by atoms with E-state index < -0.39 is 0 Å². The van der Waals surface area contributed by atoms with Gasteiger partial charge in [0.05, 0.1) is 12.6 Å². The van der Waals surface area contributed by atoms with E-state index in [2.05, 4.69) is 42.7 Å². The topological polar surface area (TPSA) is 58.2 Å². The molecular weight excluding hydrogens is 240 g/mol. The molecule has 0 fully saturated rings. The molecule has 102 valence electrons. The molecule has 4 nitrogen and oxygen atoms in total. The predicted molar refractivity (Wildman–Crippen MR) is 73.6 cm³/mol. The van der Waals surface area contributed by atoms with Crippen LogP contribution in [0.1, 0.15) is 36.6 Å². The van der Waals surface area contributed by atoms with Crippen LogP contribution in [0.4, 0.5) is 0 Å². The highest BCUT2D eigenvalue weighted by Crippen LogP contribution is 2.36. The Hall–Kier alpha value is -1.84. The van der Waals surface area contributed by atoms with Gasteiger partial charge in [0.2, 0.25) is 11.8 Å². The molecule has 2 atom stereocenters. The van der Waals surface area contributed by atoms with Gasteiger partial charge in [-0.1, -0.05) is 30.7 Å². The van der Waals surface area contributed by atoms with E-state index in [-0.39, 0.29) is 24.4 Å². The molecule has 1 aliphatic carbocycles. The van der Waals surface area contributed by atoms with Crippen LogP contribution in [-0.4, -0.2) is 18.4 Å². The van der Waals surface area contributed by atoms with E-state index in [9.17, 15) is 9.59 Å². The van der Waals surface area contributed by atoms with Crippen molar-refractivity contribution in [2.75, 3.05) is 6.54 Å². The lowest BCUT2D eigenvalue weighted by atomic mass is 10.0. The van der Waals surface area contributed by atoms with Crippen LogP contribution in [0.3, 0.4) is 0 Å². The molecule has 4 heteroatoms. The minimum Gasteiger partial charge on any atom is -0.347 e. The third-order valence-electron chi connectivity index (χ3n) is 3.56. The minimum atomic E-state index is -0.189. The average molecular weight is 260 g/mol. The van der Waals surface area contributed by atoms with Crippen molar-refractivity contribution < 1.29 is 9.59 Å². The second kappa shape index (κ2) is 5.43. The molecule has 1 aliphatic rings. The Morgan fingerprint density at radius 2 is 2.11 bits per heavy atom. The number of carbonyl (C=O) groups is 2. The fourth-order valence-electron chi connectivity index (χ4n) is 2.61. The Morgan fingerprint density at radius 3 is 2.79 bits per heavy atom. The molecule has 0 spiro atoms. The third-order valence-corrected chi connectivity index (χ3v) is 3.56. The van der Waals surface area contributed by atoms with Crippen LogP contribution in [0.15, 0.2) is 18.2 Å². The highest BCUT2D eigenvalue weighted by atomic mass is 16.2. The van der Waals surface area contributed by atoms with Gasteiger partial charge in [0.25, 0.3) is 0 Å². The van der Waals surface area contributed by atoms with Gasteiger partial charge in [-0.3, -0.25) is 9.59 Å². The van der Waals surface area contributed by atoms with Gasteiger partial charge in [0.1, 0.15) is 0 Å². The maximum Gasteiger partial charge on any atom is 0.239 e. The number of amides is 2. The van der Waals surface area contributed by atoms with Crippen LogP contribution >= 0.6 is 0 Å². The number of fused-ring (bicyclic) bond motifs is 1. The number of aryl methyl sites for hydroxylation is 1. The first-order valence-corrected chi connectivity index (χ1v) is 6.60. The predicted octanol–water partition coefficient (Wildman–Crippen LogP) is 1.48. The van der Waals surface area contributed by atoms with E-state index in [0.29, 0.717) is 5.92 Å². The van der Waals surface area contributed by atoms with Gasteiger partial charge < -0.3 is 10.6 Å². The van der Waals surface area contributed by atoms with Crippen molar-refractivity contribution in [1.82, 2.24) is 10.6 Å². The van der Waals surface area contributed by atoms with E-state index in [1.54, 1.807) is 0 Å². The lowest BCUT2D eigenvalue weighted by molar-refractivity contribution is -0.125. The number of hydrogen-bond donors (Lipinski definition) is 2. The maximum atomic E-state index is 11.8. The first-order valence-electron chi connectivity index (χ1n) is 6.60. The zero-order chi connectivity index (χ0) is 14.0. The van der Waals surface area contributed by atoms with Crippen molar-refractivity contribution in [3.8, 4) is 0 Å². The zero-order valence-electron chi connectivity index (χ0n) is 11.6. The first-order chi connectivity index (χ1) is 8.97. The molecule has 2 rings (SSSR count). The molecule has 0 unspecified atom stereocenters. The monoisotopic (exact) mass is 260 g/mol. The van der Waals surface area contributed by atoms with Gasteiger partial charge >= 0.3 is 0 Å². The Kier molecular flexibility index (Phi) is 3.88. The summed E-state index contributed by atoms with van der Waals surface area (Å²) < 4.78 is 0. The molecule has 0 heterocycles. The van der Waals surface area contributed by atoms with Gasteiger partial charge in [-0.2, -0.15) is 0 Å². The molecule has 0 saturated carbocycles. The average Bonchev–Trinajstić information content (AvgIpc) is 2.63. The Labute approximate surface area is 113 Å². The van der Waals surface area contributed by atoms with Crippen LogP contribution in [0.25, 0.3) is 0 Å². The number of hydrogen-bond acceptors (Lipinski definition) is 2. The van der Waals surface area contributed by atoms with E-state index in [1.807, 2.05) is 0 Å². The SMILES string of the molecule is CC(=O)NCC(=O)N[C@@H]1c2cc(C)ccc2C[C@H]1C. The normalized spacial score (nSPS) is 20.8. The van der Waals surface area contributed by atoms with Gasteiger partial charge in [-0.25, -0.2) is 0 Å². The van der Waals surface area contributed by atoms with Gasteiger partial charge in [-0.05, 0) is 30.4 Å². The van der Waals surface area contributed by atoms with Crippen molar-refractivity contribution in [2.45, 2.75) is 33.2 Å². The Morgan fingerprint density at radius 1 is 1.37 bits per heavy atom. The van der Waals surface area contributed by atoms with Crippen LogP contribution in [0.2, 0.25) is 0 Å². The lowest BCUT2D eigenvalue weighted by Gasteiger charge is -2.19. The summed E-state index contributed by atoms with van der Waals surface area (Å²) in [4.78, 5) is 22.6. The molecule has 0 bridgehead atoms. The maximum absolute atomic E-state index is 11.8. The molecule has 0 saturated heterocycles. The quantitative estimate of drug-likeness (QED) is 0.865. The van der Waals surface area contributed by atoms with Crippen LogP contribution in [0, 0.1) is 12.8 Å². The molecule has 0 aromatic heterocycles. The largest absolute Gasteiger partial charge is 0.347 e. The molecular formula is C15H20N2O2. The molecule has 2 amide bonds. The Bertz CT molecular complexity index is 511. The zero-order valence-corrected chi connectivity index (χ0v) is 11.6. The van der Waals surface area contributed by atoms with Crippen molar-refractivity contribution in [2.24, 2.45) is 5.92 Å². The number of rotatable bonds is 3. The van der Waals surface area contributed by atoms with E-state index in [1.165, 1.54) is 23.6 Å². The second-order valence-electron chi connectivity index (χ2n) is 5.34. The summed E-state index contributed by atoms with van der Waals surface area (Å²) in [6, 6.07) is 6.44. The fourth-order valence-corrected chi connectivity index (χ4v) is 2.61. The summed E-state index contributed by atoms with van der Waals surface area (Å²) in [7, 11) is 0. The first kappa shape index (κ1) is 13.6. The van der Waals surface area contributed by atoms with Gasteiger partial charge in [0.15, 0.2) is 0 Å². The molecule has 2 N–H and O–H groups in total. The molecule has 19 heavy (non-hydrogen) atoms. The van der Waals surface area contributed by atoms with Gasteiger partial charge in [0, 0.05) is 6.92 Å². The summed E-state index contributed by atoms with van der Waals surface area (Å²) in [5.41, 5.74) is 3.72. The summed E-state index contributed by atoms with van der Waals surface area (Å²) >= 11 is 0. The van der Waals surface area contributed by atoms with Gasteiger partial charge in [-0.15, -0.1) is 0 Å². The van der Waals surface area contributed by atoms with Crippen LogP contribution < -0.4 is 10.6 Å². The van der Waals surface area contributed by atoms with Crippen molar-refractivity contribution in [1.29, 1.82) is 0 Å². The number of nitrogens with one attached hydrogen (secondary N) is 2. The summed E-state index contributed by atoms with van der Waals surface area (Å²) in [6.07, 6.45) is 0.987.